The van der Waals surface area contributed by atoms with Crippen LogP contribution in [-0.2, 0) is 9.53 Å². The fourth-order valence-corrected chi connectivity index (χ4v) is 3.36. The zero-order chi connectivity index (χ0) is 20.1. The van der Waals surface area contributed by atoms with Crippen molar-refractivity contribution >= 4 is 40.2 Å². The first kappa shape index (κ1) is 20.3. The average molecular weight is 390 g/mol. The molecular weight excluding hydrogens is 371 g/mol. The van der Waals surface area contributed by atoms with E-state index in [4.69, 9.17) is 10.5 Å². The Balaban J connectivity index is 2.23. The highest BCUT2D eigenvalue weighted by Crippen LogP contribution is 2.33. The third-order valence-electron chi connectivity index (χ3n) is 3.46. The topological polar surface area (TPSA) is 98.5 Å². The Morgan fingerprint density at radius 1 is 1.22 bits per heavy atom. The molecule has 0 fully saturated rings. The number of hydrogen-bond acceptors (Lipinski definition) is 5. The maximum absolute atomic E-state index is 12.9. The van der Waals surface area contributed by atoms with E-state index < -0.39 is 17.8 Å². The first-order valence-electron chi connectivity index (χ1n) is 8.07. The number of nitrogens with two attached hydrogens (primary N) is 1. The van der Waals surface area contributed by atoms with Gasteiger partial charge in [0, 0.05) is 6.08 Å². The number of carbonyl (C=O) groups is 3. The fraction of sp³-hybridized carbons (Fsp3) is 0.211. The molecule has 6 nitrogen and oxygen atoms in total. The summed E-state index contributed by atoms with van der Waals surface area (Å²) in [5.74, 6) is -2.24. The van der Waals surface area contributed by atoms with E-state index in [1.807, 2.05) is 0 Å². The van der Waals surface area contributed by atoms with E-state index in [0.29, 0.717) is 11.1 Å². The van der Waals surface area contributed by atoms with E-state index in [1.165, 1.54) is 36.4 Å². The van der Waals surface area contributed by atoms with Crippen molar-refractivity contribution in [3.63, 3.8) is 0 Å². The molecule has 1 aromatic carbocycles. The Kier molecular flexibility index (Phi) is 6.46. The van der Waals surface area contributed by atoms with Gasteiger partial charge in [-0.1, -0.05) is 12.1 Å². The van der Waals surface area contributed by atoms with Gasteiger partial charge in [0.2, 0.25) is 5.91 Å². The number of esters is 1. The van der Waals surface area contributed by atoms with Crippen molar-refractivity contribution in [3.05, 3.63) is 57.7 Å². The smallest absolute Gasteiger partial charge is 0.348 e. The van der Waals surface area contributed by atoms with E-state index in [-0.39, 0.29) is 27.4 Å². The summed E-state index contributed by atoms with van der Waals surface area (Å²) in [6.07, 6.45) is 2.40. The van der Waals surface area contributed by atoms with Gasteiger partial charge < -0.3 is 15.8 Å². The number of halogens is 1. The van der Waals surface area contributed by atoms with E-state index in [2.05, 4.69) is 5.32 Å². The van der Waals surface area contributed by atoms with Gasteiger partial charge in [0.1, 0.15) is 15.7 Å². The van der Waals surface area contributed by atoms with Crippen LogP contribution in [0.3, 0.4) is 0 Å². The number of primary amides is 1. The van der Waals surface area contributed by atoms with E-state index in [9.17, 15) is 18.8 Å². The van der Waals surface area contributed by atoms with Crippen LogP contribution in [0, 0.1) is 12.7 Å². The van der Waals surface area contributed by atoms with Crippen molar-refractivity contribution in [2.45, 2.75) is 26.9 Å². The molecule has 1 heterocycles. The van der Waals surface area contributed by atoms with Crippen molar-refractivity contribution < 1.29 is 23.5 Å². The van der Waals surface area contributed by atoms with Crippen LogP contribution in [0.15, 0.2) is 30.3 Å². The first-order chi connectivity index (χ1) is 12.7. The molecule has 2 rings (SSSR count). The number of anilines is 1. The van der Waals surface area contributed by atoms with Crippen LogP contribution in [0.4, 0.5) is 9.39 Å². The predicted molar refractivity (Wildman–Crippen MR) is 102 cm³/mol. The van der Waals surface area contributed by atoms with Gasteiger partial charge in [0.05, 0.1) is 11.7 Å². The van der Waals surface area contributed by atoms with Gasteiger partial charge in [-0.25, -0.2) is 9.18 Å². The molecule has 0 bridgehead atoms. The molecule has 0 saturated carbocycles. The second-order valence-electron chi connectivity index (χ2n) is 5.95. The molecule has 0 aliphatic heterocycles. The van der Waals surface area contributed by atoms with Crippen molar-refractivity contribution in [2.75, 3.05) is 5.32 Å². The molecule has 0 atom stereocenters. The Morgan fingerprint density at radius 3 is 2.41 bits per heavy atom. The van der Waals surface area contributed by atoms with E-state index in [0.717, 1.165) is 11.3 Å². The average Bonchev–Trinajstić information content (AvgIpc) is 2.90. The minimum Gasteiger partial charge on any atom is -0.459 e. The number of amides is 2. The SMILES string of the molecule is Cc1c(C(=O)OC(C)C)sc(NC(=O)C=Cc2ccc(F)cc2)c1C(N)=O. The maximum Gasteiger partial charge on any atom is 0.348 e. The molecule has 8 heteroatoms. The molecular formula is C19H19FN2O4S. The summed E-state index contributed by atoms with van der Waals surface area (Å²) in [6, 6.07) is 5.59. The van der Waals surface area contributed by atoms with E-state index in [1.54, 1.807) is 20.8 Å². The molecule has 0 unspecified atom stereocenters. The Bertz CT molecular complexity index is 901. The molecule has 3 N–H and O–H groups in total. The summed E-state index contributed by atoms with van der Waals surface area (Å²) < 4.78 is 18.0. The standard InChI is InChI=1S/C19H19FN2O4S/c1-10(2)26-19(25)16-11(3)15(17(21)24)18(27-16)22-14(23)9-6-12-4-7-13(20)8-5-12/h4-10H,1-3H3,(H2,21,24)(H,22,23). The van der Waals surface area contributed by atoms with E-state index >= 15 is 0 Å². The third-order valence-corrected chi connectivity index (χ3v) is 4.64. The van der Waals surface area contributed by atoms with Crippen LogP contribution in [0.2, 0.25) is 0 Å². The van der Waals surface area contributed by atoms with Crippen LogP contribution in [-0.4, -0.2) is 23.9 Å². The molecule has 27 heavy (non-hydrogen) atoms. The van der Waals surface area contributed by atoms with Crippen molar-refractivity contribution in [2.24, 2.45) is 5.73 Å². The summed E-state index contributed by atoms with van der Waals surface area (Å²) in [5, 5.41) is 2.72. The minimum absolute atomic E-state index is 0.0687. The quantitative estimate of drug-likeness (QED) is 0.582. The Morgan fingerprint density at radius 2 is 1.85 bits per heavy atom. The number of ether oxygens (including phenoxy) is 1. The number of nitrogens with one attached hydrogen (secondary N) is 1. The maximum atomic E-state index is 12.9. The zero-order valence-corrected chi connectivity index (χ0v) is 15.9. The second-order valence-corrected chi connectivity index (χ2v) is 6.97. The summed E-state index contributed by atoms with van der Waals surface area (Å²) in [5.41, 5.74) is 6.45. The van der Waals surface area contributed by atoms with Crippen LogP contribution in [0.5, 0.6) is 0 Å². The predicted octanol–water partition coefficient (Wildman–Crippen LogP) is 3.51. The van der Waals surface area contributed by atoms with Gasteiger partial charge in [0.15, 0.2) is 0 Å². The summed E-state index contributed by atoms with van der Waals surface area (Å²) in [7, 11) is 0. The molecule has 0 aliphatic carbocycles. The molecule has 2 amide bonds. The number of thiophene rings is 1. The Hall–Kier alpha value is -3.00. The van der Waals surface area contributed by atoms with Crippen LogP contribution in [0.1, 0.15) is 45.0 Å². The highest BCUT2D eigenvalue weighted by atomic mass is 32.1. The lowest BCUT2D eigenvalue weighted by molar-refractivity contribution is -0.111. The van der Waals surface area contributed by atoms with Crippen molar-refractivity contribution in [3.8, 4) is 0 Å². The largest absolute Gasteiger partial charge is 0.459 e. The molecule has 0 radical (unpaired) electrons. The van der Waals surface area contributed by atoms with Gasteiger partial charge in [-0.3, -0.25) is 9.59 Å². The van der Waals surface area contributed by atoms with Gasteiger partial charge in [-0.05, 0) is 50.1 Å². The monoisotopic (exact) mass is 390 g/mol. The first-order valence-corrected chi connectivity index (χ1v) is 8.89. The fourth-order valence-electron chi connectivity index (χ4n) is 2.26. The molecule has 2 aromatic rings. The normalized spacial score (nSPS) is 11.0. The third kappa shape index (κ3) is 5.24. The lowest BCUT2D eigenvalue weighted by atomic mass is 10.1. The zero-order valence-electron chi connectivity index (χ0n) is 15.0. The molecule has 1 aromatic heterocycles. The van der Waals surface area contributed by atoms with Gasteiger partial charge in [-0.15, -0.1) is 11.3 Å². The lowest BCUT2D eigenvalue weighted by Gasteiger charge is -2.06. The lowest BCUT2D eigenvalue weighted by Crippen LogP contribution is -2.16. The van der Waals surface area contributed by atoms with Gasteiger partial charge in [0.25, 0.3) is 5.91 Å². The highest BCUT2D eigenvalue weighted by molar-refractivity contribution is 7.18. The molecule has 0 spiro atoms. The Labute approximate surface area is 159 Å². The van der Waals surface area contributed by atoms with Crippen LogP contribution >= 0.6 is 11.3 Å². The highest BCUT2D eigenvalue weighted by Gasteiger charge is 2.25. The van der Waals surface area contributed by atoms with Gasteiger partial charge >= 0.3 is 5.97 Å². The van der Waals surface area contributed by atoms with Crippen molar-refractivity contribution in [1.82, 2.24) is 0 Å². The summed E-state index contributed by atoms with van der Waals surface area (Å²) in [4.78, 5) is 36.3. The van der Waals surface area contributed by atoms with Crippen molar-refractivity contribution in [1.29, 1.82) is 0 Å². The second kappa shape index (κ2) is 8.59. The molecule has 0 aliphatic rings. The number of benzene rings is 1. The van der Waals surface area contributed by atoms with Crippen LogP contribution < -0.4 is 11.1 Å². The number of hydrogen-bond donors (Lipinski definition) is 2. The van der Waals surface area contributed by atoms with Gasteiger partial charge in [-0.2, -0.15) is 0 Å². The summed E-state index contributed by atoms with van der Waals surface area (Å²) in [6.45, 7) is 4.98. The summed E-state index contributed by atoms with van der Waals surface area (Å²) >= 11 is 0.926. The molecule has 0 saturated heterocycles. The number of rotatable bonds is 6. The number of carbonyl (C=O) groups excluding carboxylic acids is 3. The van der Waals surface area contributed by atoms with Crippen LogP contribution in [0.25, 0.3) is 6.08 Å². The molecule has 142 valence electrons. The minimum atomic E-state index is -0.759.